The first-order valence-electron chi connectivity index (χ1n) is 12.9. The molecule has 0 saturated carbocycles. The molecule has 6 nitrogen and oxygen atoms in total. The number of piperazine rings is 1. The average molecular weight is 511 g/mol. The number of carbonyl (C=O) groups excluding carboxylic acids is 2. The summed E-state index contributed by atoms with van der Waals surface area (Å²) in [5.41, 5.74) is 12.7. The number of aromatic nitrogens is 1. The van der Waals surface area contributed by atoms with Gasteiger partial charge in [0.2, 0.25) is 0 Å². The third-order valence-corrected chi connectivity index (χ3v) is 8.86. The predicted octanol–water partition coefficient (Wildman–Crippen LogP) is 5.32. The van der Waals surface area contributed by atoms with Crippen molar-refractivity contribution in [3.8, 4) is 0 Å². The van der Waals surface area contributed by atoms with Crippen molar-refractivity contribution >= 4 is 44.6 Å². The minimum atomic E-state index is -0.00721. The molecule has 2 aromatic heterocycles. The van der Waals surface area contributed by atoms with Crippen LogP contribution in [-0.2, 0) is 12.8 Å². The predicted molar refractivity (Wildman–Crippen MR) is 150 cm³/mol. The van der Waals surface area contributed by atoms with Crippen molar-refractivity contribution in [1.29, 1.82) is 0 Å². The number of rotatable bonds is 4. The van der Waals surface area contributed by atoms with E-state index in [1.807, 2.05) is 29.2 Å². The molecule has 0 radical (unpaired) electrons. The minimum absolute atomic E-state index is 0.00721. The number of nitrogens with two attached hydrogens (primary N) is 1. The largest absolute Gasteiger partial charge is 0.397 e. The van der Waals surface area contributed by atoms with Crippen LogP contribution in [0.1, 0.15) is 56.1 Å². The molecule has 37 heavy (non-hydrogen) atoms. The first kappa shape index (κ1) is 23.7. The van der Waals surface area contributed by atoms with Crippen LogP contribution in [-0.4, -0.2) is 47.8 Å². The molecule has 4 aromatic rings. The summed E-state index contributed by atoms with van der Waals surface area (Å²) in [5, 5.41) is 0.907. The summed E-state index contributed by atoms with van der Waals surface area (Å²) in [6.45, 7) is 4.31. The molecule has 7 heteroatoms. The van der Waals surface area contributed by atoms with E-state index in [1.54, 1.807) is 6.92 Å². The fraction of sp³-hybridized carbons (Fsp3) is 0.300. The molecule has 6 rings (SSSR count). The summed E-state index contributed by atoms with van der Waals surface area (Å²) in [6, 6.07) is 20.5. The Balaban J connectivity index is 1.18. The van der Waals surface area contributed by atoms with E-state index in [0.717, 1.165) is 53.9 Å². The van der Waals surface area contributed by atoms with E-state index >= 15 is 0 Å². The van der Waals surface area contributed by atoms with E-state index in [0.29, 0.717) is 35.1 Å². The zero-order valence-electron chi connectivity index (χ0n) is 20.9. The molecule has 0 unspecified atom stereocenters. The van der Waals surface area contributed by atoms with Crippen LogP contribution in [0.3, 0.4) is 0 Å². The van der Waals surface area contributed by atoms with Crippen molar-refractivity contribution in [3.05, 3.63) is 87.9 Å². The SMILES string of the molecule is CC(=O)c1ccc(N2CCN(C(=O)c3sc4nc5c(cc4c3N)C[C@@H](c3ccccc3)CC5)CC2)cc1. The van der Waals surface area contributed by atoms with Gasteiger partial charge in [-0.05, 0) is 73.6 Å². The lowest BCUT2D eigenvalue weighted by molar-refractivity contribution is 0.0752. The van der Waals surface area contributed by atoms with Crippen molar-refractivity contribution in [2.45, 2.75) is 32.1 Å². The van der Waals surface area contributed by atoms with Gasteiger partial charge in [-0.15, -0.1) is 11.3 Å². The fourth-order valence-electron chi connectivity index (χ4n) is 5.58. The van der Waals surface area contributed by atoms with Crippen LogP contribution in [0.15, 0.2) is 60.7 Å². The normalized spacial score (nSPS) is 17.6. The molecule has 1 atom stereocenters. The lowest BCUT2D eigenvalue weighted by Crippen LogP contribution is -2.48. The van der Waals surface area contributed by atoms with E-state index in [9.17, 15) is 9.59 Å². The molecule has 0 bridgehead atoms. The second-order valence-electron chi connectivity index (χ2n) is 10.0. The lowest BCUT2D eigenvalue weighted by Gasteiger charge is -2.36. The molecular weight excluding hydrogens is 480 g/mol. The summed E-state index contributed by atoms with van der Waals surface area (Å²) in [6.07, 6.45) is 2.99. The van der Waals surface area contributed by atoms with Gasteiger partial charge in [0.1, 0.15) is 9.71 Å². The molecule has 1 amide bonds. The van der Waals surface area contributed by atoms with Crippen LogP contribution in [0.4, 0.5) is 11.4 Å². The third kappa shape index (κ3) is 4.48. The molecule has 2 aliphatic rings. The van der Waals surface area contributed by atoms with Crippen molar-refractivity contribution in [1.82, 2.24) is 9.88 Å². The number of thiophene rings is 1. The van der Waals surface area contributed by atoms with E-state index in [-0.39, 0.29) is 11.7 Å². The highest BCUT2D eigenvalue weighted by Crippen LogP contribution is 2.39. The fourth-order valence-corrected chi connectivity index (χ4v) is 6.64. The van der Waals surface area contributed by atoms with E-state index in [4.69, 9.17) is 10.7 Å². The standard InChI is InChI=1S/C30H30N4O2S/c1-19(35)20-7-10-24(11-8-20)33-13-15-34(16-14-33)30(36)28-27(31)25-18-23-17-22(21-5-3-2-4-6-21)9-12-26(23)32-29(25)37-28/h2-8,10-11,18,22H,9,12-17,31H2,1H3/t22-/m0/s1. The molecule has 1 aliphatic heterocycles. The Bertz CT molecular complexity index is 1470. The highest BCUT2D eigenvalue weighted by Gasteiger charge is 2.28. The van der Waals surface area contributed by atoms with Gasteiger partial charge in [-0.2, -0.15) is 0 Å². The molecule has 2 N–H and O–H groups in total. The van der Waals surface area contributed by atoms with Crippen LogP contribution in [0.5, 0.6) is 0 Å². The Labute approximate surface area is 220 Å². The molecule has 188 valence electrons. The number of hydrogen-bond acceptors (Lipinski definition) is 6. The summed E-state index contributed by atoms with van der Waals surface area (Å²) < 4.78 is 0. The number of amides is 1. The van der Waals surface area contributed by atoms with Crippen LogP contribution >= 0.6 is 11.3 Å². The van der Waals surface area contributed by atoms with Gasteiger partial charge in [0.15, 0.2) is 5.78 Å². The zero-order chi connectivity index (χ0) is 25.5. The number of carbonyl (C=O) groups is 2. The molecule has 3 heterocycles. The second-order valence-corrected chi connectivity index (χ2v) is 11.0. The van der Waals surface area contributed by atoms with Gasteiger partial charge >= 0.3 is 0 Å². The van der Waals surface area contributed by atoms with Gasteiger partial charge < -0.3 is 15.5 Å². The quantitative estimate of drug-likeness (QED) is 0.376. The zero-order valence-corrected chi connectivity index (χ0v) is 21.8. The van der Waals surface area contributed by atoms with Crippen LogP contribution in [0, 0.1) is 0 Å². The number of nitrogen functional groups attached to an aromatic ring is 1. The maximum absolute atomic E-state index is 13.5. The van der Waals surface area contributed by atoms with Gasteiger partial charge in [-0.25, -0.2) is 4.98 Å². The van der Waals surface area contributed by atoms with Gasteiger partial charge in [0.25, 0.3) is 5.91 Å². The molecule has 2 aromatic carbocycles. The van der Waals surface area contributed by atoms with E-state index in [2.05, 4.69) is 41.3 Å². The second kappa shape index (κ2) is 9.63. The van der Waals surface area contributed by atoms with Gasteiger partial charge in [0.05, 0.1) is 5.69 Å². The molecular formula is C30H30N4O2S. The highest BCUT2D eigenvalue weighted by atomic mass is 32.1. The first-order valence-corrected chi connectivity index (χ1v) is 13.7. The summed E-state index contributed by atoms with van der Waals surface area (Å²) in [5.74, 6) is 0.547. The highest BCUT2D eigenvalue weighted by molar-refractivity contribution is 7.21. The molecule has 1 aliphatic carbocycles. The summed E-state index contributed by atoms with van der Waals surface area (Å²) in [7, 11) is 0. The first-order chi connectivity index (χ1) is 18.0. The maximum Gasteiger partial charge on any atom is 0.266 e. The number of nitrogens with zero attached hydrogens (tertiary/aromatic N) is 3. The van der Waals surface area contributed by atoms with Crippen molar-refractivity contribution in [2.75, 3.05) is 36.8 Å². The van der Waals surface area contributed by atoms with Gasteiger partial charge in [-0.1, -0.05) is 30.3 Å². The minimum Gasteiger partial charge on any atom is -0.397 e. The Morgan fingerprint density at radius 1 is 1.00 bits per heavy atom. The Hall–Kier alpha value is -3.71. The molecule has 1 saturated heterocycles. The number of benzene rings is 2. The average Bonchev–Trinajstić information content (AvgIpc) is 3.26. The number of aryl methyl sites for hydroxylation is 1. The third-order valence-electron chi connectivity index (χ3n) is 7.76. The van der Waals surface area contributed by atoms with Crippen molar-refractivity contribution < 1.29 is 9.59 Å². The maximum atomic E-state index is 13.5. The smallest absolute Gasteiger partial charge is 0.266 e. The van der Waals surface area contributed by atoms with Crippen LogP contribution < -0.4 is 10.6 Å². The van der Waals surface area contributed by atoms with Crippen LogP contribution in [0.25, 0.3) is 10.2 Å². The number of Topliss-reactive ketones (excluding diaryl/α,β-unsaturated/α-hetero) is 1. The van der Waals surface area contributed by atoms with Gasteiger partial charge in [0, 0.05) is 48.5 Å². The summed E-state index contributed by atoms with van der Waals surface area (Å²) >= 11 is 1.42. The topological polar surface area (TPSA) is 79.5 Å². The van der Waals surface area contributed by atoms with E-state index < -0.39 is 0 Å². The molecule has 1 fully saturated rings. The van der Waals surface area contributed by atoms with Crippen LogP contribution in [0.2, 0.25) is 0 Å². The number of fused-ring (bicyclic) bond motifs is 2. The Morgan fingerprint density at radius 2 is 1.73 bits per heavy atom. The number of pyridine rings is 1. The summed E-state index contributed by atoms with van der Waals surface area (Å²) in [4.78, 5) is 35.6. The van der Waals surface area contributed by atoms with E-state index in [1.165, 1.54) is 22.5 Å². The number of ketones is 1. The molecule has 0 spiro atoms. The number of anilines is 2. The Morgan fingerprint density at radius 3 is 2.43 bits per heavy atom. The van der Waals surface area contributed by atoms with Gasteiger partial charge in [-0.3, -0.25) is 9.59 Å². The Kier molecular flexibility index (Phi) is 6.16. The van der Waals surface area contributed by atoms with Crippen molar-refractivity contribution in [3.63, 3.8) is 0 Å². The lowest BCUT2D eigenvalue weighted by atomic mass is 9.82. The number of hydrogen-bond donors (Lipinski definition) is 1. The monoisotopic (exact) mass is 510 g/mol. The van der Waals surface area contributed by atoms with Crippen molar-refractivity contribution in [2.24, 2.45) is 0 Å².